The molecule has 26 heavy (non-hydrogen) atoms. The Labute approximate surface area is 152 Å². The Balaban J connectivity index is 2.33. The maximum absolute atomic E-state index is 11.6. The van der Waals surface area contributed by atoms with Crippen LogP contribution in [0.3, 0.4) is 0 Å². The van der Waals surface area contributed by atoms with Crippen molar-refractivity contribution in [2.75, 3.05) is 13.2 Å². The number of hydrogen-bond donors (Lipinski definition) is 2. The van der Waals surface area contributed by atoms with Gasteiger partial charge in [-0.3, -0.25) is 14.9 Å². The minimum atomic E-state index is -0.759. The molecular formula is C18H24N2O6. The van der Waals surface area contributed by atoms with Crippen LogP contribution in [0.15, 0.2) is 24.3 Å². The van der Waals surface area contributed by atoms with Gasteiger partial charge in [-0.05, 0) is 45.0 Å². The molecule has 0 radical (unpaired) electrons. The van der Waals surface area contributed by atoms with Crippen molar-refractivity contribution in [1.29, 1.82) is 0 Å². The first-order valence-corrected chi connectivity index (χ1v) is 8.14. The molecule has 0 aliphatic rings. The Hall–Kier alpha value is -2.90. The van der Waals surface area contributed by atoms with Crippen molar-refractivity contribution in [2.24, 2.45) is 0 Å². The molecule has 2 N–H and O–H groups in total. The molecule has 1 rings (SSSR count). The van der Waals surface area contributed by atoms with E-state index >= 15 is 0 Å². The normalized spacial score (nSPS) is 10.6. The molecule has 0 aliphatic heterocycles. The van der Waals surface area contributed by atoms with Crippen molar-refractivity contribution in [1.82, 2.24) is 10.6 Å². The van der Waals surface area contributed by atoms with E-state index in [1.165, 1.54) is 0 Å². The van der Waals surface area contributed by atoms with Gasteiger partial charge in [-0.25, -0.2) is 9.59 Å². The maximum Gasteiger partial charge on any atom is 0.344 e. The Morgan fingerprint density at radius 3 is 2.15 bits per heavy atom. The fourth-order valence-corrected chi connectivity index (χ4v) is 1.81. The number of carbonyl (C=O) groups excluding carboxylic acids is 4. The van der Waals surface area contributed by atoms with E-state index in [0.717, 1.165) is 0 Å². The van der Waals surface area contributed by atoms with Gasteiger partial charge in [-0.15, -0.1) is 0 Å². The first-order valence-electron chi connectivity index (χ1n) is 8.14. The number of amides is 3. The Morgan fingerprint density at radius 1 is 1.00 bits per heavy atom. The fourth-order valence-electron chi connectivity index (χ4n) is 1.81. The average Bonchev–Trinajstić information content (AvgIpc) is 2.56. The molecule has 1 aromatic carbocycles. The molecule has 142 valence electrons. The molecule has 0 spiro atoms. The first kappa shape index (κ1) is 21.1. The number of urea groups is 1. The van der Waals surface area contributed by atoms with Crippen LogP contribution in [0.1, 0.15) is 44.5 Å². The van der Waals surface area contributed by atoms with Gasteiger partial charge in [-0.1, -0.05) is 6.92 Å². The van der Waals surface area contributed by atoms with Gasteiger partial charge in [-0.2, -0.15) is 0 Å². The van der Waals surface area contributed by atoms with E-state index in [2.05, 4.69) is 5.32 Å². The van der Waals surface area contributed by atoms with Crippen molar-refractivity contribution in [3.05, 3.63) is 29.8 Å². The summed E-state index contributed by atoms with van der Waals surface area (Å²) < 4.78 is 9.94. The van der Waals surface area contributed by atoms with Crippen LogP contribution in [0.4, 0.5) is 4.79 Å². The molecule has 1 aromatic rings. The van der Waals surface area contributed by atoms with Crippen LogP contribution in [-0.4, -0.2) is 42.4 Å². The largest absolute Gasteiger partial charge is 0.482 e. The number of ketones is 1. The predicted octanol–water partition coefficient (Wildman–Crippen LogP) is 1.83. The van der Waals surface area contributed by atoms with Crippen LogP contribution < -0.4 is 15.4 Å². The third kappa shape index (κ3) is 8.27. The Morgan fingerprint density at radius 2 is 1.62 bits per heavy atom. The summed E-state index contributed by atoms with van der Waals surface area (Å²) in [6, 6.07) is 5.68. The van der Waals surface area contributed by atoms with E-state index < -0.39 is 36.7 Å². The average molecular weight is 364 g/mol. The predicted molar refractivity (Wildman–Crippen MR) is 93.9 cm³/mol. The summed E-state index contributed by atoms with van der Waals surface area (Å²) >= 11 is 0. The SMILES string of the molecule is CCC(=O)c1ccc(OCC(=O)OCC(=O)NC(=O)NC(C)(C)C)cc1. The lowest BCUT2D eigenvalue weighted by Crippen LogP contribution is -2.49. The number of hydrogen-bond acceptors (Lipinski definition) is 6. The standard InChI is InChI=1S/C18H24N2O6/c1-5-14(21)12-6-8-13(9-7-12)25-11-16(23)26-10-15(22)19-17(24)20-18(2,3)4/h6-9H,5,10-11H2,1-4H3,(H2,19,20,22,24). The number of Topliss-reactive ketones (excluding diaryl/α,β-unsaturated/α-hetero) is 1. The Kier molecular flexibility index (Phi) is 7.77. The van der Waals surface area contributed by atoms with E-state index in [4.69, 9.17) is 9.47 Å². The topological polar surface area (TPSA) is 111 Å². The number of carbonyl (C=O) groups is 4. The molecule has 0 fully saturated rings. The van der Waals surface area contributed by atoms with Crippen molar-refractivity contribution >= 4 is 23.7 Å². The highest BCUT2D eigenvalue weighted by atomic mass is 16.6. The monoisotopic (exact) mass is 364 g/mol. The molecule has 0 saturated heterocycles. The zero-order valence-electron chi connectivity index (χ0n) is 15.4. The van der Waals surface area contributed by atoms with E-state index in [9.17, 15) is 19.2 Å². The van der Waals surface area contributed by atoms with Crippen LogP contribution in [-0.2, 0) is 14.3 Å². The van der Waals surface area contributed by atoms with Crippen molar-refractivity contribution in [2.45, 2.75) is 39.7 Å². The number of esters is 1. The number of rotatable bonds is 7. The third-order valence-electron chi connectivity index (χ3n) is 2.96. The molecule has 0 saturated carbocycles. The minimum absolute atomic E-state index is 0.0115. The lowest BCUT2D eigenvalue weighted by molar-refractivity contribution is -0.150. The van der Waals surface area contributed by atoms with Crippen molar-refractivity contribution in [3.63, 3.8) is 0 Å². The summed E-state index contributed by atoms with van der Waals surface area (Å²) in [5, 5.41) is 4.59. The zero-order chi connectivity index (χ0) is 19.7. The number of benzene rings is 1. The van der Waals surface area contributed by atoms with Gasteiger partial charge < -0.3 is 14.8 Å². The van der Waals surface area contributed by atoms with Gasteiger partial charge in [0.2, 0.25) is 0 Å². The summed E-state index contributed by atoms with van der Waals surface area (Å²) in [4.78, 5) is 46.1. The molecule has 0 bridgehead atoms. The molecule has 0 aromatic heterocycles. The smallest absolute Gasteiger partial charge is 0.344 e. The fraction of sp³-hybridized carbons (Fsp3) is 0.444. The number of imide groups is 1. The highest BCUT2D eigenvalue weighted by Crippen LogP contribution is 2.13. The van der Waals surface area contributed by atoms with Gasteiger partial charge >= 0.3 is 12.0 Å². The molecule has 0 heterocycles. The number of nitrogens with one attached hydrogen (secondary N) is 2. The summed E-state index contributed by atoms with van der Waals surface area (Å²) in [6.45, 7) is 6.06. The summed E-state index contributed by atoms with van der Waals surface area (Å²) in [5.41, 5.74) is 0.0687. The van der Waals surface area contributed by atoms with E-state index in [1.54, 1.807) is 52.0 Å². The summed E-state index contributed by atoms with van der Waals surface area (Å²) in [5.74, 6) is -1.10. The highest BCUT2D eigenvalue weighted by Gasteiger charge is 2.16. The molecule has 0 aliphatic carbocycles. The van der Waals surface area contributed by atoms with Crippen LogP contribution in [0.5, 0.6) is 5.75 Å². The van der Waals surface area contributed by atoms with Crippen LogP contribution >= 0.6 is 0 Å². The molecule has 8 heteroatoms. The zero-order valence-corrected chi connectivity index (χ0v) is 15.4. The number of ether oxygens (including phenoxy) is 2. The summed E-state index contributed by atoms with van der Waals surface area (Å²) in [7, 11) is 0. The van der Waals surface area contributed by atoms with E-state index in [0.29, 0.717) is 17.7 Å². The second-order valence-electron chi connectivity index (χ2n) is 6.50. The second-order valence-corrected chi connectivity index (χ2v) is 6.50. The van der Waals surface area contributed by atoms with Gasteiger partial charge in [0, 0.05) is 17.5 Å². The van der Waals surface area contributed by atoms with Gasteiger partial charge in [0.25, 0.3) is 5.91 Å². The van der Waals surface area contributed by atoms with E-state index in [-0.39, 0.29) is 5.78 Å². The summed E-state index contributed by atoms with van der Waals surface area (Å²) in [6.07, 6.45) is 0.405. The highest BCUT2D eigenvalue weighted by molar-refractivity contribution is 5.96. The van der Waals surface area contributed by atoms with Crippen LogP contribution in [0.2, 0.25) is 0 Å². The lowest BCUT2D eigenvalue weighted by Gasteiger charge is -2.20. The van der Waals surface area contributed by atoms with Crippen LogP contribution in [0.25, 0.3) is 0 Å². The van der Waals surface area contributed by atoms with Crippen molar-refractivity contribution in [3.8, 4) is 5.75 Å². The van der Waals surface area contributed by atoms with Crippen LogP contribution in [0, 0.1) is 0 Å². The van der Waals surface area contributed by atoms with E-state index in [1.807, 2.05) is 5.32 Å². The molecule has 0 unspecified atom stereocenters. The van der Waals surface area contributed by atoms with Gasteiger partial charge in [0.1, 0.15) is 5.75 Å². The first-order chi connectivity index (χ1) is 12.1. The maximum atomic E-state index is 11.6. The van der Waals surface area contributed by atoms with Crippen molar-refractivity contribution < 1.29 is 28.7 Å². The molecule has 8 nitrogen and oxygen atoms in total. The minimum Gasteiger partial charge on any atom is -0.482 e. The second kappa shape index (κ2) is 9.55. The van der Waals surface area contributed by atoms with Gasteiger partial charge in [0.05, 0.1) is 0 Å². The quantitative estimate of drug-likeness (QED) is 0.564. The van der Waals surface area contributed by atoms with Gasteiger partial charge in [0.15, 0.2) is 19.0 Å². The molecular weight excluding hydrogens is 340 g/mol. The molecule has 3 amide bonds. The molecule has 0 atom stereocenters. The Bertz CT molecular complexity index is 661. The third-order valence-corrected chi connectivity index (χ3v) is 2.96. The lowest BCUT2D eigenvalue weighted by atomic mass is 10.1.